The number of fused-ring (bicyclic) bond motifs is 5. The number of hydrogen-bond acceptors (Lipinski definition) is 9. The van der Waals surface area contributed by atoms with Gasteiger partial charge in [-0.05, 0) is 57.9 Å². The second kappa shape index (κ2) is 14.8. The van der Waals surface area contributed by atoms with Crippen LogP contribution in [0.25, 0.3) is 29.6 Å². The molecule has 2 aromatic carbocycles. The molecule has 4 aromatic rings. The molecule has 7 nitrogen and oxygen atoms in total. The summed E-state index contributed by atoms with van der Waals surface area (Å²) >= 11 is 3.47. The van der Waals surface area contributed by atoms with Crippen LogP contribution in [-0.4, -0.2) is 32.7 Å². The molecule has 4 rings (SSSR count). The van der Waals surface area contributed by atoms with Gasteiger partial charge in [0.25, 0.3) is 0 Å². The van der Waals surface area contributed by atoms with E-state index in [1.165, 1.54) is 27.1 Å². The highest BCUT2D eigenvalue weighted by atomic mass is 32.1. The normalized spacial score (nSPS) is 11.9. The highest BCUT2D eigenvalue weighted by Crippen LogP contribution is 2.53. The molecule has 0 saturated carbocycles. The van der Waals surface area contributed by atoms with Crippen LogP contribution in [0.4, 0.5) is 0 Å². The third-order valence-corrected chi connectivity index (χ3v) is 11.9. The van der Waals surface area contributed by atoms with Gasteiger partial charge in [-0.15, -0.1) is 22.7 Å². The second-order valence-corrected chi connectivity index (χ2v) is 14.2. The van der Waals surface area contributed by atoms with E-state index in [0.717, 1.165) is 26.8 Å². The van der Waals surface area contributed by atoms with Gasteiger partial charge in [-0.3, -0.25) is 9.13 Å². The molecule has 2 heterocycles. The van der Waals surface area contributed by atoms with Crippen LogP contribution in [0, 0.1) is 0 Å². The van der Waals surface area contributed by atoms with Crippen molar-refractivity contribution in [3.8, 4) is 0 Å². The number of thiophene rings is 2. The van der Waals surface area contributed by atoms with Gasteiger partial charge in [0.15, 0.2) is 0 Å². The summed E-state index contributed by atoms with van der Waals surface area (Å²) in [6.45, 7) is 10.2. The summed E-state index contributed by atoms with van der Waals surface area (Å²) in [7, 11) is -6.30. The number of benzene rings is 2. The summed E-state index contributed by atoms with van der Waals surface area (Å²) in [6, 6.07) is 12.4. The van der Waals surface area contributed by atoms with Crippen molar-refractivity contribution in [1.29, 1.82) is 0 Å². The summed E-state index contributed by atoms with van der Waals surface area (Å²) in [4.78, 5) is 8.81. The molecule has 0 atom stereocenters. The SMILES string of the molecule is C.CC=O.CCOP(=O)(Cc1ccc2c(c1)sc1c3ccc(CP(=O)(OCC)OCC)cc3sc21)OCC. The zero-order valence-corrected chi connectivity index (χ0v) is 25.3. The van der Waals surface area contributed by atoms with Crippen molar-refractivity contribution in [2.45, 2.75) is 54.4 Å². The van der Waals surface area contributed by atoms with Crippen LogP contribution in [0.2, 0.25) is 0 Å². The monoisotopic (exact) mass is 600 g/mol. The van der Waals surface area contributed by atoms with Crippen LogP contribution in [0.5, 0.6) is 0 Å². The molecule has 0 aliphatic rings. The van der Waals surface area contributed by atoms with E-state index in [9.17, 15) is 9.13 Å². The van der Waals surface area contributed by atoms with Crippen LogP contribution in [0.1, 0.15) is 53.2 Å². The zero-order valence-electron chi connectivity index (χ0n) is 21.9. The van der Waals surface area contributed by atoms with Gasteiger partial charge in [0.05, 0.1) is 48.2 Å². The fourth-order valence-corrected chi connectivity index (χ4v) is 10.2. The first-order valence-electron chi connectivity index (χ1n) is 12.3. The van der Waals surface area contributed by atoms with Crippen molar-refractivity contribution in [1.82, 2.24) is 0 Å². The van der Waals surface area contributed by atoms with Gasteiger partial charge in [-0.25, -0.2) is 0 Å². The van der Waals surface area contributed by atoms with E-state index in [4.69, 9.17) is 22.9 Å². The first-order chi connectivity index (χ1) is 17.7. The largest absolute Gasteiger partial charge is 0.335 e. The lowest BCUT2D eigenvalue weighted by molar-refractivity contribution is -0.106. The lowest BCUT2D eigenvalue weighted by atomic mass is 10.1. The molecule has 11 heteroatoms. The highest BCUT2D eigenvalue weighted by molar-refractivity contribution is 7.53. The molecule has 2 aromatic heterocycles. The molecule has 0 aliphatic heterocycles. The fourth-order valence-electron chi connectivity index (χ4n) is 4.03. The minimum absolute atomic E-state index is 0. The molecule has 0 spiro atoms. The fraction of sp³-hybridized carbons (Fsp3) is 0.444. The average Bonchev–Trinajstić information content (AvgIpc) is 3.35. The first-order valence-corrected chi connectivity index (χ1v) is 17.4. The van der Waals surface area contributed by atoms with Crippen LogP contribution in [0.3, 0.4) is 0 Å². The molecule has 0 amide bonds. The Bertz CT molecular complexity index is 1320. The van der Waals surface area contributed by atoms with Crippen molar-refractivity contribution < 1.29 is 32.0 Å². The van der Waals surface area contributed by atoms with Gasteiger partial charge < -0.3 is 22.9 Å². The summed E-state index contributed by atoms with van der Waals surface area (Å²) in [5.74, 6) is 0. The number of hydrogen-bond donors (Lipinski definition) is 0. The highest BCUT2D eigenvalue weighted by Gasteiger charge is 2.26. The maximum Gasteiger partial charge on any atom is 0.335 e. The average molecular weight is 601 g/mol. The van der Waals surface area contributed by atoms with E-state index in [-0.39, 0.29) is 19.8 Å². The molecule has 0 saturated heterocycles. The third-order valence-electron chi connectivity index (χ3n) is 5.27. The summed E-state index contributed by atoms with van der Waals surface area (Å²) in [5.41, 5.74) is 1.89. The number of carbonyl (C=O) groups is 1. The van der Waals surface area contributed by atoms with Crippen LogP contribution < -0.4 is 0 Å². The Labute approximate surface area is 233 Å². The van der Waals surface area contributed by atoms with Gasteiger partial charge in [0.1, 0.15) is 6.29 Å². The standard InChI is InChI=1S/C24H30O6P2S2.C2H4O.CH4/c1-5-27-31(25,28-6-2)15-17-9-11-19-21(13-17)33-24-20-12-10-18(14-22(20)34-23(19)24)16-32(26,29-7-3)30-8-4;1-2-3;/h9-14H,5-8,15-16H2,1-4H3;2H,1H3;1H4. The maximum absolute atomic E-state index is 13.0. The Morgan fingerprint density at radius 3 is 1.29 bits per heavy atom. The zero-order chi connectivity index (χ0) is 27.1. The van der Waals surface area contributed by atoms with Crippen molar-refractivity contribution >= 4 is 73.7 Å². The molecule has 0 N–H and O–H groups in total. The van der Waals surface area contributed by atoms with Crippen molar-refractivity contribution in [2.24, 2.45) is 0 Å². The van der Waals surface area contributed by atoms with E-state index >= 15 is 0 Å². The molecule has 0 aliphatic carbocycles. The van der Waals surface area contributed by atoms with Crippen molar-refractivity contribution in [2.75, 3.05) is 26.4 Å². The Hall–Kier alpha value is -1.41. The lowest BCUT2D eigenvalue weighted by Gasteiger charge is -2.17. The minimum Gasteiger partial charge on any atom is -0.309 e. The van der Waals surface area contributed by atoms with Gasteiger partial charge in [-0.1, -0.05) is 31.7 Å². The van der Waals surface area contributed by atoms with E-state index in [1.807, 2.05) is 39.8 Å². The van der Waals surface area contributed by atoms with E-state index in [2.05, 4.69) is 24.3 Å². The molecule has 38 heavy (non-hydrogen) atoms. The van der Waals surface area contributed by atoms with Crippen molar-refractivity contribution in [3.05, 3.63) is 47.5 Å². The maximum atomic E-state index is 13.0. The lowest BCUT2D eigenvalue weighted by Crippen LogP contribution is -1.98. The molecule has 0 radical (unpaired) electrons. The Balaban J connectivity index is 0.00000121. The summed E-state index contributed by atoms with van der Waals surface area (Å²) in [6.07, 6.45) is 1.28. The van der Waals surface area contributed by atoms with Gasteiger partial charge >= 0.3 is 15.2 Å². The number of rotatable bonds is 12. The van der Waals surface area contributed by atoms with Gasteiger partial charge in [0.2, 0.25) is 0 Å². The predicted molar refractivity (Wildman–Crippen MR) is 162 cm³/mol. The molecular weight excluding hydrogens is 562 g/mol. The predicted octanol–water partition coefficient (Wildman–Crippen LogP) is 9.64. The Morgan fingerprint density at radius 2 is 1.00 bits per heavy atom. The van der Waals surface area contributed by atoms with E-state index in [1.54, 1.807) is 22.7 Å². The Kier molecular flexibility index (Phi) is 12.8. The minimum atomic E-state index is -3.15. The molecule has 0 unspecified atom stereocenters. The molecule has 0 bridgehead atoms. The van der Waals surface area contributed by atoms with E-state index < -0.39 is 15.2 Å². The molecular formula is C27H38O7P2S2. The third kappa shape index (κ3) is 7.83. The second-order valence-electron chi connectivity index (χ2n) is 7.97. The van der Waals surface area contributed by atoms with Crippen LogP contribution in [-0.2, 0) is 44.3 Å². The Morgan fingerprint density at radius 1 is 0.684 bits per heavy atom. The topological polar surface area (TPSA) is 88.1 Å². The van der Waals surface area contributed by atoms with Crippen LogP contribution in [0.15, 0.2) is 36.4 Å². The van der Waals surface area contributed by atoms with Gasteiger partial charge in [0, 0.05) is 20.2 Å². The number of aldehydes is 1. The molecule has 210 valence electrons. The molecule has 0 fully saturated rings. The van der Waals surface area contributed by atoms with Gasteiger partial charge in [-0.2, -0.15) is 0 Å². The van der Waals surface area contributed by atoms with Crippen molar-refractivity contribution in [3.63, 3.8) is 0 Å². The quantitative estimate of drug-likeness (QED) is 0.118. The smallest absolute Gasteiger partial charge is 0.309 e. The summed E-state index contributed by atoms with van der Waals surface area (Å²) < 4.78 is 52.5. The first kappa shape index (κ1) is 32.8. The summed E-state index contributed by atoms with van der Waals surface area (Å²) in [5, 5.41) is 2.37. The van der Waals surface area contributed by atoms with E-state index in [0.29, 0.717) is 26.4 Å². The number of carbonyl (C=O) groups excluding carboxylic acids is 1. The van der Waals surface area contributed by atoms with Crippen LogP contribution >= 0.6 is 37.9 Å².